The summed E-state index contributed by atoms with van der Waals surface area (Å²) in [6.07, 6.45) is 2.62. The van der Waals surface area contributed by atoms with Crippen LogP contribution in [-0.4, -0.2) is 66.1 Å². The SMILES string of the molecule is Cc1nc2ccc(-c3c(F)cn4nc(N[C@@H]5CN(C)CC5(F)F)ncc34)nc2n1C(C)C. The maximum Gasteiger partial charge on any atom is 0.281 e. The van der Waals surface area contributed by atoms with Crippen LogP contribution in [0.4, 0.5) is 19.1 Å². The fourth-order valence-corrected chi connectivity index (χ4v) is 4.39. The highest BCUT2D eigenvalue weighted by atomic mass is 19.3. The third-order valence-electron chi connectivity index (χ3n) is 5.76. The molecule has 5 heterocycles. The molecule has 1 saturated heterocycles. The van der Waals surface area contributed by atoms with E-state index < -0.39 is 17.8 Å². The number of hydrogen-bond donors (Lipinski definition) is 1. The predicted octanol–water partition coefficient (Wildman–Crippen LogP) is 3.53. The molecule has 4 aromatic heterocycles. The monoisotopic (exact) mass is 444 g/mol. The smallest absolute Gasteiger partial charge is 0.281 e. The molecule has 0 unspecified atom stereocenters. The van der Waals surface area contributed by atoms with Gasteiger partial charge >= 0.3 is 0 Å². The van der Waals surface area contributed by atoms with E-state index in [1.165, 1.54) is 21.8 Å². The van der Waals surface area contributed by atoms with Gasteiger partial charge in [0.2, 0.25) is 5.95 Å². The second-order valence-electron chi connectivity index (χ2n) is 8.58. The van der Waals surface area contributed by atoms with Crippen LogP contribution in [-0.2, 0) is 0 Å². The molecular formula is C21H23F3N8. The highest BCUT2D eigenvalue weighted by Crippen LogP contribution is 2.31. The first-order valence-electron chi connectivity index (χ1n) is 10.4. The second-order valence-corrected chi connectivity index (χ2v) is 8.58. The molecule has 0 amide bonds. The van der Waals surface area contributed by atoms with E-state index in [-0.39, 0.29) is 30.6 Å². The first-order valence-corrected chi connectivity index (χ1v) is 10.4. The summed E-state index contributed by atoms with van der Waals surface area (Å²) in [5.41, 5.74) is 2.46. The number of likely N-dealkylation sites (tertiary alicyclic amines) is 1. The normalized spacial score (nSPS) is 18.9. The summed E-state index contributed by atoms with van der Waals surface area (Å²) in [4.78, 5) is 14.9. The van der Waals surface area contributed by atoms with E-state index in [1.54, 1.807) is 13.1 Å². The summed E-state index contributed by atoms with van der Waals surface area (Å²) in [5.74, 6) is -2.59. The molecule has 1 fully saturated rings. The standard InChI is InChI=1S/C21H23F3N8/c1-11(2)32-12(3)26-15-6-5-14(27-19(15)32)18-13(22)8-31-16(18)7-25-20(29-31)28-17-9-30(4)10-21(17,23)24/h5-8,11,17H,9-10H2,1-4H3,(H,28,29)/t17-/m1/s1. The number of nitrogens with one attached hydrogen (secondary N) is 1. The number of imidazole rings is 1. The molecule has 0 bridgehead atoms. The van der Waals surface area contributed by atoms with Crippen molar-refractivity contribution in [3.05, 3.63) is 36.2 Å². The van der Waals surface area contributed by atoms with Crippen LogP contribution < -0.4 is 5.32 Å². The molecule has 0 radical (unpaired) electrons. The number of anilines is 1. The van der Waals surface area contributed by atoms with Crippen molar-refractivity contribution in [2.75, 3.05) is 25.5 Å². The summed E-state index contributed by atoms with van der Waals surface area (Å²) in [7, 11) is 1.63. The molecule has 1 aliphatic heterocycles. The van der Waals surface area contributed by atoms with Gasteiger partial charge in [0.1, 0.15) is 17.4 Å². The molecule has 8 nitrogen and oxygen atoms in total. The van der Waals surface area contributed by atoms with E-state index in [0.29, 0.717) is 16.9 Å². The molecule has 0 saturated carbocycles. The second kappa shape index (κ2) is 7.16. The highest BCUT2D eigenvalue weighted by molar-refractivity contribution is 5.83. The number of aryl methyl sites for hydroxylation is 1. The Labute approximate surface area is 182 Å². The van der Waals surface area contributed by atoms with E-state index in [9.17, 15) is 13.2 Å². The molecule has 1 atom stereocenters. The van der Waals surface area contributed by atoms with Crippen molar-refractivity contribution in [3.8, 4) is 11.3 Å². The summed E-state index contributed by atoms with van der Waals surface area (Å²) in [6.45, 7) is 5.79. The summed E-state index contributed by atoms with van der Waals surface area (Å²) in [5, 5.41) is 6.89. The first-order chi connectivity index (χ1) is 15.1. The van der Waals surface area contributed by atoms with Crippen molar-refractivity contribution in [2.24, 2.45) is 0 Å². The number of aromatic nitrogens is 6. The number of rotatable bonds is 4. The van der Waals surface area contributed by atoms with Crippen LogP contribution in [0, 0.1) is 12.7 Å². The Kier molecular flexibility index (Phi) is 4.63. The number of pyridine rings is 1. The minimum atomic E-state index is -2.91. The van der Waals surface area contributed by atoms with E-state index in [1.807, 2.05) is 31.4 Å². The average molecular weight is 444 g/mol. The van der Waals surface area contributed by atoms with Gasteiger partial charge in [-0.05, 0) is 40.0 Å². The maximum atomic E-state index is 15.0. The fourth-order valence-electron chi connectivity index (χ4n) is 4.39. The molecule has 1 aliphatic rings. The lowest BCUT2D eigenvalue weighted by Crippen LogP contribution is -2.38. The molecule has 0 spiro atoms. The van der Waals surface area contributed by atoms with Gasteiger partial charge in [-0.15, -0.1) is 5.10 Å². The Morgan fingerprint density at radius 2 is 2.00 bits per heavy atom. The van der Waals surface area contributed by atoms with Crippen molar-refractivity contribution < 1.29 is 13.2 Å². The predicted molar refractivity (Wildman–Crippen MR) is 114 cm³/mol. The molecule has 4 aromatic rings. The fraction of sp³-hybridized carbons (Fsp3) is 0.429. The van der Waals surface area contributed by atoms with E-state index in [2.05, 4.69) is 25.4 Å². The zero-order valence-electron chi connectivity index (χ0n) is 18.1. The number of alkyl halides is 2. The van der Waals surface area contributed by atoms with Gasteiger partial charge in [0, 0.05) is 12.6 Å². The van der Waals surface area contributed by atoms with Gasteiger partial charge in [-0.25, -0.2) is 32.6 Å². The molecular weight excluding hydrogens is 421 g/mol. The quantitative estimate of drug-likeness (QED) is 0.519. The Hall–Kier alpha value is -3.21. The molecule has 32 heavy (non-hydrogen) atoms. The highest BCUT2D eigenvalue weighted by Gasteiger charge is 2.47. The third-order valence-corrected chi connectivity index (χ3v) is 5.76. The third kappa shape index (κ3) is 3.27. The molecule has 1 N–H and O–H groups in total. The molecule has 0 aliphatic carbocycles. The number of hydrogen-bond acceptors (Lipinski definition) is 6. The Morgan fingerprint density at radius 3 is 2.69 bits per heavy atom. The number of nitrogens with zero attached hydrogens (tertiary/aromatic N) is 7. The lowest BCUT2D eigenvalue weighted by molar-refractivity contribution is 0.00584. The Balaban J connectivity index is 1.54. The molecule has 0 aromatic carbocycles. The van der Waals surface area contributed by atoms with Crippen LogP contribution in [0.25, 0.3) is 27.9 Å². The summed E-state index contributed by atoms with van der Waals surface area (Å²) < 4.78 is 46.5. The van der Waals surface area contributed by atoms with Crippen molar-refractivity contribution in [1.82, 2.24) is 34.0 Å². The number of likely N-dealkylation sites (N-methyl/N-ethyl adjacent to an activating group) is 1. The van der Waals surface area contributed by atoms with E-state index >= 15 is 0 Å². The Bertz CT molecular complexity index is 1330. The van der Waals surface area contributed by atoms with Crippen molar-refractivity contribution in [1.29, 1.82) is 0 Å². The summed E-state index contributed by atoms with van der Waals surface area (Å²) >= 11 is 0. The molecule has 5 rings (SSSR count). The van der Waals surface area contributed by atoms with Crippen molar-refractivity contribution in [2.45, 2.75) is 38.8 Å². The zero-order valence-corrected chi connectivity index (χ0v) is 18.1. The topological polar surface area (TPSA) is 76.2 Å². The van der Waals surface area contributed by atoms with Crippen LogP contribution >= 0.6 is 0 Å². The molecule has 168 valence electrons. The largest absolute Gasteiger partial charge is 0.343 e. The van der Waals surface area contributed by atoms with Crippen LogP contribution in [0.15, 0.2) is 24.5 Å². The van der Waals surface area contributed by atoms with Crippen LogP contribution in [0.1, 0.15) is 25.7 Å². The van der Waals surface area contributed by atoms with Gasteiger partial charge in [-0.1, -0.05) is 0 Å². The van der Waals surface area contributed by atoms with Gasteiger partial charge in [0.15, 0.2) is 11.5 Å². The van der Waals surface area contributed by atoms with E-state index in [4.69, 9.17) is 0 Å². The van der Waals surface area contributed by atoms with Crippen molar-refractivity contribution >= 4 is 22.6 Å². The van der Waals surface area contributed by atoms with Gasteiger partial charge < -0.3 is 9.88 Å². The van der Waals surface area contributed by atoms with Crippen molar-refractivity contribution in [3.63, 3.8) is 0 Å². The first kappa shape index (κ1) is 20.7. The summed E-state index contributed by atoms with van der Waals surface area (Å²) in [6, 6.07) is 2.54. The van der Waals surface area contributed by atoms with Crippen LogP contribution in [0.2, 0.25) is 0 Å². The van der Waals surface area contributed by atoms with Gasteiger partial charge in [0.05, 0.1) is 35.7 Å². The lowest BCUT2D eigenvalue weighted by Gasteiger charge is -2.18. The average Bonchev–Trinajstić information content (AvgIpc) is 3.29. The van der Waals surface area contributed by atoms with Crippen LogP contribution in [0.3, 0.4) is 0 Å². The molecule has 11 heteroatoms. The van der Waals surface area contributed by atoms with Gasteiger partial charge in [-0.2, -0.15) is 0 Å². The van der Waals surface area contributed by atoms with Gasteiger partial charge in [0.25, 0.3) is 5.92 Å². The van der Waals surface area contributed by atoms with Crippen LogP contribution in [0.5, 0.6) is 0 Å². The minimum absolute atomic E-state index is 0.0101. The Morgan fingerprint density at radius 1 is 1.22 bits per heavy atom. The number of halogens is 3. The lowest BCUT2D eigenvalue weighted by atomic mass is 10.2. The maximum absolute atomic E-state index is 15.0. The van der Waals surface area contributed by atoms with E-state index in [0.717, 1.165) is 11.3 Å². The number of fused-ring (bicyclic) bond motifs is 2. The minimum Gasteiger partial charge on any atom is -0.343 e. The zero-order chi connectivity index (χ0) is 22.8. The van der Waals surface area contributed by atoms with Gasteiger partial charge in [-0.3, -0.25) is 4.90 Å².